The summed E-state index contributed by atoms with van der Waals surface area (Å²) >= 11 is 0. The molecular formula is C36H42FN9O3. The predicted octanol–water partition coefficient (Wildman–Crippen LogP) is 5.59. The lowest BCUT2D eigenvalue weighted by molar-refractivity contribution is 0.0341. The maximum Gasteiger partial charge on any atom is 0.320 e. The highest BCUT2D eigenvalue weighted by Gasteiger charge is 2.29. The number of nitrogen functional groups attached to an aromatic ring is 1. The first-order valence-corrected chi connectivity index (χ1v) is 16.7. The number of pyridine rings is 1. The van der Waals surface area contributed by atoms with E-state index in [0.29, 0.717) is 55.2 Å². The van der Waals surface area contributed by atoms with Gasteiger partial charge in [0.1, 0.15) is 23.5 Å². The van der Waals surface area contributed by atoms with Crippen molar-refractivity contribution in [2.24, 2.45) is 0 Å². The van der Waals surface area contributed by atoms with E-state index in [4.69, 9.17) is 20.3 Å². The van der Waals surface area contributed by atoms with Gasteiger partial charge in [-0.1, -0.05) is 45.0 Å². The van der Waals surface area contributed by atoms with Crippen LogP contribution >= 0.6 is 0 Å². The van der Waals surface area contributed by atoms with Crippen LogP contribution in [-0.2, 0) is 16.7 Å². The second-order valence-electron chi connectivity index (χ2n) is 13.8. The molecule has 2 aromatic carbocycles. The Labute approximate surface area is 284 Å². The number of rotatable bonds is 8. The summed E-state index contributed by atoms with van der Waals surface area (Å²) in [5.74, 6) is 1.18. The van der Waals surface area contributed by atoms with Gasteiger partial charge in [0.25, 0.3) is 0 Å². The van der Waals surface area contributed by atoms with Gasteiger partial charge in [-0.25, -0.2) is 13.9 Å². The largest absolute Gasteiger partial charge is 0.484 e. The van der Waals surface area contributed by atoms with Crippen LogP contribution in [0, 0.1) is 5.82 Å². The molecule has 0 saturated carbocycles. The molecule has 49 heavy (non-hydrogen) atoms. The van der Waals surface area contributed by atoms with Crippen LogP contribution in [0.1, 0.15) is 68.0 Å². The number of morpholine rings is 1. The van der Waals surface area contributed by atoms with E-state index in [0.717, 1.165) is 48.3 Å². The van der Waals surface area contributed by atoms with Crippen LogP contribution < -0.4 is 21.1 Å². The van der Waals surface area contributed by atoms with Gasteiger partial charge in [-0.05, 0) is 59.9 Å². The summed E-state index contributed by atoms with van der Waals surface area (Å²) in [6, 6.07) is 18.3. The van der Waals surface area contributed by atoms with Crippen molar-refractivity contribution >= 4 is 23.4 Å². The number of urea groups is 1. The standard InChI is InChI=1S/C36H42FN9O3/c1-36(2,3)31-19-33(46(43-31)26-17-23(16-25(37)18-26)21-44-12-14-48-15-13-44)40-35(47)39-20-24-8-10-30(29-7-5-4-6-28(24)29)49-27-9-11-32-41-42-34(38)45(32)22-27/h4-7,9,11,16-19,22,24,30H,8,10,12-15,20-21H2,1-3H3,(H2,38,42)(H2,39,40,47)/t24?,30-/m1/s1. The fourth-order valence-corrected chi connectivity index (χ4v) is 6.57. The molecule has 1 unspecified atom stereocenters. The molecule has 0 spiro atoms. The second-order valence-corrected chi connectivity index (χ2v) is 13.8. The number of fused-ring (bicyclic) bond motifs is 2. The number of hydrogen-bond acceptors (Lipinski definition) is 8. The molecule has 1 aliphatic carbocycles. The molecule has 1 aliphatic heterocycles. The monoisotopic (exact) mass is 667 g/mol. The highest BCUT2D eigenvalue weighted by Crippen LogP contribution is 2.40. The van der Waals surface area contributed by atoms with Crippen molar-refractivity contribution in [3.05, 3.63) is 95.1 Å². The Kier molecular flexibility index (Phi) is 8.95. The van der Waals surface area contributed by atoms with Crippen LogP contribution in [0.25, 0.3) is 11.3 Å². The lowest BCUT2D eigenvalue weighted by atomic mass is 9.81. The van der Waals surface area contributed by atoms with E-state index >= 15 is 0 Å². The fourth-order valence-electron chi connectivity index (χ4n) is 6.57. The lowest BCUT2D eigenvalue weighted by Gasteiger charge is -2.32. The van der Waals surface area contributed by atoms with E-state index in [9.17, 15) is 9.18 Å². The second kappa shape index (κ2) is 13.5. The Morgan fingerprint density at radius 3 is 2.63 bits per heavy atom. The van der Waals surface area contributed by atoms with E-state index in [1.807, 2.05) is 36.4 Å². The van der Waals surface area contributed by atoms with Crippen LogP contribution in [-0.4, -0.2) is 68.2 Å². The molecule has 0 bridgehead atoms. The minimum Gasteiger partial charge on any atom is -0.484 e. The molecule has 1 saturated heterocycles. The molecule has 1 fully saturated rings. The van der Waals surface area contributed by atoms with Gasteiger partial charge in [0.05, 0.1) is 30.8 Å². The van der Waals surface area contributed by atoms with Gasteiger partial charge in [0.15, 0.2) is 5.65 Å². The summed E-state index contributed by atoms with van der Waals surface area (Å²) < 4.78 is 30.2. The van der Waals surface area contributed by atoms with Crippen molar-refractivity contribution in [1.82, 2.24) is 34.6 Å². The third-order valence-electron chi connectivity index (χ3n) is 9.17. The summed E-state index contributed by atoms with van der Waals surface area (Å²) in [4.78, 5) is 15.7. The maximum atomic E-state index is 15.0. The zero-order valence-corrected chi connectivity index (χ0v) is 28.0. The minimum atomic E-state index is -0.359. The first kappa shape index (κ1) is 32.5. The number of hydrogen-bond donors (Lipinski definition) is 3. The first-order valence-electron chi connectivity index (χ1n) is 16.7. The smallest absolute Gasteiger partial charge is 0.320 e. The quantitative estimate of drug-likeness (QED) is 0.195. The van der Waals surface area contributed by atoms with E-state index in [1.54, 1.807) is 21.3 Å². The zero-order chi connectivity index (χ0) is 34.1. The van der Waals surface area contributed by atoms with Gasteiger partial charge in [0.2, 0.25) is 5.95 Å². The van der Waals surface area contributed by atoms with Gasteiger partial charge >= 0.3 is 6.03 Å². The molecule has 4 heterocycles. The molecule has 2 atom stereocenters. The Bertz CT molecular complexity index is 1960. The summed E-state index contributed by atoms with van der Waals surface area (Å²) in [7, 11) is 0. The van der Waals surface area contributed by atoms with E-state index in [1.165, 1.54) is 6.07 Å². The average molecular weight is 668 g/mol. The van der Waals surface area contributed by atoms with Crippen LogP contribution in [0.15, 0.2) is 66.9 Å². The number of nitrogens with one attached hydrogen (secondary N) is 2. The molecule has 12 nitrogen and oxygen atoms in total. The Morgan fingerprint density at radius 1 is 1.04 bits per heavy atom. The molecule has 7 rings (SSSR count). The predicted molar refractivity (Wildman–Crippen MR) is 185 cm³/mol. The van der Waals surface area contributed by atoms with Gasteiger partial charge < -0.3 is 20.5 Å². The van der Waals surface area contributed by atoms with Gasteiger partial charge in [0, 0.05) is 43.6 Å². The highest BCUT2D eigenvalue weighted by molar-refractivity contribution is 5.88. The molecule has 5 aromatic rings. The van der Waals surface area contributed by atoms with E-state index < -0.39 is 0 Å². The van der Waals surface area contributed by atoms with Gasteiger partial charge in [-0.2, -0.15) is 5.10 Å². The molecule has 4 N–H and O–H groups in total. The zero-order valence-electron chi connectivity index (χ0n) is 28.0. The Hall–Kier alpha value is -5.01. The van der Waals surface area contributed by atoms with Crippen LogP contribution in [0.4, 0.5) is 21.0 Å². The number of benzene rings is 2. The number of carbonyl (C=O) groups excluding carboxylic acids is 1. The number of amides is 2. The van der Waals surface area contributed by atoms with Crippen LogP contribution in [0.2, 0.25) is 0 Å². The van der Waals surface area contributed by atoms with Gasteiger partial charge in [-0.3, -0.25) is 14.6 Å². The minimum absolute atomic E-state index is 0.0961. The van der Waals surface area contributed by atoms with Crippen molar-refractivity contribution in [2.45, 2.75) is 57.6 Å². The van der Waals surface area contributed by atoms with Crippen molar-refractivity contribution in [3.63, 3.8) is 0 Å². The van der Waals surface area contributed by atoms with E-state index in [2.05, 4.69) is 58.6 Å². The number of halogens is 1. The number of nitrogens with zero attached hydrogens (tertiary/aromatic N) is 6. The van der Waals surface area contributed by atoms with Crippen LogP contribution in [0.5, 0.6) is 5.75 Å². The summed E-state index contributed by atoms with van der Waals surface area (Å²) in [5.41, 5.74) is 10.7. The molecule has 3 aromatic heterocycles. The SMILES string of the molecule is CC(C)(C)c1cc(NC(=O)NCC2CC[C@@H](Oc3ccc4nnc(N)n4c3)c3ccccc32)n(-c2cc(F)cc(CN3CCOCC3)c2)n1. The lowest BCUT2D eigenvalue weighted by Crippen LogP contribution is -2.35. The third kappa shape index (κ3) is 7.22. The van der Waals surface area contributed by atoms with Crippen LogP contribution in [0.3, 0.4) is 0 Å². The molecule has 0 radical (unpaired) electrons. The molecule has 2 amide bonds. The maximum absolute atomic E-state index is 15.0. The van der Waals surface area contributed by atoms with E-state index in [-0.39, 0.29) is 29.3 Å². The number of carbonyl (C=O) groups is 1. The number of aromatic nitrogens is 5. The Morgan fingerprint density at radius 2 is 1.84 bits per heavy atom. The van der Waals surface area contributed by atoms with Crippen molar-refractivity contribution in [1.29, 1.82) is 0 Å². The summed E-state index contributed by atoms with van der Waals surface area (Å²) in [6.45, 7) is 10.1. The molecule has 13 heteroatoms. The topological polar surface area (TPSA) is 137 Å². The molecule has 2 aliphatic rings. The number of nitrogens with two attached hydrogens (primary N) is 1. The average Bonchev–Trinajstić information content (AvgIpc) is 3.68. The summed E-state index contributed by atoms with van der Waals surface area (Å²) in [5, 5.41) is 18.9. The molecular weight excluding hydrogens is 625 g/mol. The van der Waals surface area contributed by atoms with Gasteiger partial charge in [-0.15, -0.1) is 10.2 Å². The molecule has 256 valence electrons. The fraction of sp³-hybridized carbons (Fsp3) is 0.389. The van der Waals surface area contributed by atoms with Crippen molar-refractivity contribution in [3.8, 4) is 11.4 Å². The number of ether oxygens (including phenoxy) is 2. The first-order chi connectivity index (χ1) is 23.6. The summed E-state index contributed by atoms with van der Waals surface area (Å²) in [6.07, 6.45) is 3.24. The van der Waals surface area contributed by atoms with Crippen molar-refractivity contribution in [2.75, 3.05) is 43.9 Å². The normalized spacial score (nSPS) is 18.3. The van der Waals surface area contributed by atoms with Crippen molar-refractivity contribution < 1.29 is 18.7 Å². The Balaban J connectivity index is 1.05. The third-order valence-corrected chi connectivity index (χ3v) is 9.17. The number of anilines is 2. The highest BCUT2D eigenvalue weighted by atomic mass is 19.1.